The van der Waals surface area contributed by atoms with Crippen LogP contribution in [0.25, 0.3) is 10.9 Å². The lowest BCUT2D eigenvalue weighted by molar-refractivity contribution is -0.123. The first-order valence-electron chi connectivity index (χ1n) is 10.5. The highest BCUT2D eigenvalue weighted by Gasteiger charge is 2.23. The molecular formula is C25H25N3O4. The van der Waals surface area contributed by atoms with E-state index in [2.05, 4.69) is 15.6 Å². The van der Waals surface area contributed by atoms with Crippen LogP contribution in [0.5, 0.6) is 0 Å². The van der Waals surface area contributed by atoms with Crippen LogP contribution in [0.15, 0.2) is 83.6 Å². The molecular weight excluding hydrogens is 406 g/mol. The third kappa shape index (κ3) is 5.57. The third-order valence-corrected chi connectivity index (χ3v) is 5.17. The highest BCUT2D eigenvalue weighted by molar-refractivity contribution is 5.88. The van der Waals surface area contributed by atoms with Gasteiger partial charge in [-0.25, -0.2) is 4.79 Å². The van der Waals surface area contributed by atoms with Gasteiger partial charge in [0.1, 0.15) is 18.4 Å². The fraction of sp³-hybridized carbons (Fsp3) is 0.200. The van der Waals surface area contributed by atoms with E-state index in [-0.39, 0.29) is 12.5 Å². The lowest BCUT2D eigenvalue weighted by atomic mass is 10.0. The molecule has 0 spiro atoms. The van der Waals surface area contributed by atoms with Gasteiger partial charge in [0, 0.05) is 36.5 Å². The number of carbonyl (C=O) groups excluding carboxylic acids is 2. The number of amides is 2. The summed E-state index contributed by atoms with van der Waals surface area (Å²) in [5.74, 6) is 0.507. The van der Waals surface area contributed by atoms with Crippen LogP contribution in [0.2, 0.25) is 0 Å². The maximum atomic E-state index is 12.9. The third-order valence-electron chi connectivity index (χ3n) is 5.17. The molecule has 0 aliphatic rings. The number of carbonyl (C=O) groups is 2. The van der Waals surface area contributed by atoms with Crippen LogP contribution in [0, 0.1) is 0 Å². The second-order valence-corrected chi connectivity index (χ2v) is 7.44. The number of para-hydroxylation sites is 1. The summed E-state index contributed by atoms with van der Waals surface area (Å²) in [4.78, 5) is 28.6. The summed E-state index contributed by atoms with van der Waals surface area (Å²) in [6, 6.07) is 20.1. The van der Waals surface area contributed by atoms with E-state index in [0.717, 1.165) is 27.8 Å². The first-order chi connectivity index (χ1) is 15.7. The summed E-state index contributed by atoms with van der Waals surface area (Å²) in [5, 5.41) is 6.62. The van der Waals surface area contributed by atoms with E-state index in [0.29, 0.717) is 19.4 Å². The normalized spacial score (nSPS) is 11.8. The molecule has 2 amide bonds. The molecule has 7 heteroatoms. The van der Waals surface area contributed by atoms with E-state index < -0.39 is 12.1 Å². The van der Waals surface area contributed by atoms with Gasteiger partial charge in [-0.1, -0.05) is 48.5 Å². The molecule has 0 aliphatic heterocycles. The van der Waals surface area contributed by atoms with Gasteiger partial charge in [0.2, 0.25) is 5.91 Å². The van der Waals surface area contributed by atoms with Crippen LogP contribution >= 0.6 is 0 Å². The van der Waals surface area contributed by atoms with E-state index in [4.69, 9.17) is 9.15 Å². The number of furan rings is 1. The maximum absolute atomic E-state index is 12.9. The molecule has 7 nitrogen and oxygen atoms in total. The van der Waals surface area contributed by atoms with E-state index >= 15 is 0 Å². The van der Waals surface area contributed by atoms with Crippen molar-refractivity contribution in [3.8, 4) is 0 Å². The number of nitrogens with one attached hydrogen (secondary N) is 3. The monoisotopic (exact) mass is 431 g/mol. The van der Waals surface area contributed by atoms with Crippen molar-refractivity contribution >= 4 is 22.9 Å². The zero-order valence-electron chi connectivity index (χ0n) is 17.5. The van der Waals surface area contributed by atoms with Crippen molar-refractivity contribution in [3.63, 3.8) is 0 Å². The van der Waals surface area contributed by atoms with E-state index in [1.807, 2.05) is 66.9 Å². The Morgan fingerprint density at radius 3 is 2.62 bits per heavy atom. The molecule has 4 rings (SSSR count). The van der Waals surface area contributed by atoms with Gasteiger partial charge in [-0.15, -0.1) is 0 Å². The highest BCUT2D eigenvalue weighted by Crippen LogP contribution is 2.19. The zero-order valence-corrected chi connectivity index (χ0v) is 17.5. The number of aromatic nitrogens is 1. The number of hydrogen-bond acceptors (Lipinski definition) is 4. The molecule has 2 heterocycles. The molecule has 0 saturated heterocycles. The van der Waals surface area contributed by atoms with Gasteiger partial charge in [0.25, 0.3) is 0 Å². The molecule has 2 aromatic carbocycles. The number of alkyl carbamates (subject to hydrolysis) is 1. The quantitative estimate of drug-likeness (QED) is 0.374. The summed E-state index contributed by atoms with van der Waals surface area (Å²) in [7, 11) is 0. The molecule has 0 saturated carbocycles. The highest BCUT2D eigenvalue weighted by atomic mass is 16.5. The number of rotatable bonds is 9. The van der Waals surface area contributed by atoms with Crippen molar-refractivity contribution in [3.05, 3.63) is 96.1 Å². The predicted octanol–water partition coefficient (Wildman–Crippen LogP) is 3.96. The molecule has 3 N–H and O–H groups in total. The number of fused-ring (bicyclic) bond motifs is 1. The van der Waals surface area contributed by atoms with E-state index in [1.54, 1.807) is 12.3 Å². The van der Waals surface area contributed by atoms with Crippen LogP contribution in [-0.2, 0) is 29.0 Å². The minimum Gasteiger partial charge on any atom is -0.469 e. The van der Waals surface area contributed by atoms with Gasteiger partial charge in [0.05, 0.1) is 6.26 Å². The van der Waals surface area contributed by atoms with Gasteiger partial charge >= 0.3 is 6.09 Å². The molecule has 0 radical (unpaired) electrons. The van der Waals surface area contributed by atoms with Gasteiger partial charge in [-0.2, -0.15) is 0 Å². The fourth-order valence-corrected chi connectivity index (χ4v) is 3.52. The topological polar surface area (TPSA) is 96.4 Å². The van der Waals surface area contributed by atoms with Crippen molar-refractivity contribution in [2.75, 3.05) is 6.54 Å². The van der Waals surface area contributed by atoms with Crippen molar-refractivity contribution in [1.82, 2.24) is 15.6 Å². The molecule has 0 bridgehead atoms. The van der Waals surface area contributed by atoms with Gasteiger partial charge < -0.3 is 24.8 Å². The van der Waals surface area contributed by atoms with Crippen molar-refractivity contribution < 1.29 is 18.7 Å². The molecule has 1 atom stereocenters. The van der Waals surface area contributed by atoms with Crippen LogP contribution in [0.1, 0.15) is 16.9 Å². The Bertz CT molecular complexity index is 1150. The maximum Gasteiger partial charge on any atom is 0.408 e. The number of benzene rings is 2. The van der Waals surface area contributed by atoms with Crippen molar-refractivity contribution in [1.29, 1.82) is 0 Å². The first kappa shape index (κ1) is 21.2. The molecule has 0 unspecified atom stereocenters. The Morgan fingerprint density at radius 1 is 1.00 bits per heavy atom. The molecule has 2 aromatic heterocycles. The summed E-state index contributed by atoms with van der Waals surface area (Å²) < 4.78 is 10.6. The smallest absolute Gasteiger partial charge is 0.408 e. The Labute approximate surface area is 185 Å². The Balaban J connectivity index is 1.41. The predicted molar refractivity (Wildman–Crippen MR) is 121 cm³/mol. The SMILES string of the molecule is O=C(N[C@@H](Cc1c[nH]c2ccccc12)C(=O)NCCc1ccco1)OCc1ccccc1. The molecule has 4 aromatic rings. The Morgan fingerprint density at radius 2 is 1.81 bits per heavy atom. The van der Waals surface area contributed by atoms with Gasteiger partial charge in [-0.05, 0) is 29.3 Å². The molecule has 0 fully saturated rings. The largest absolute Gasteiger partial charge is 0.469 e. The Kier molecular flexibility index (Phi) is 6.87. The lowest BCUT2D eigenvalue weighted by Crippen LogP contribution is -2.48. The van der Waals surface area contributed by atoms with Crippen LogP contribution in [-0.4, -0.2) is 29.6 Å². The lowest BCUT2D eigenvalue weighted by Gasteiger charge is -2.18. The molecule has 32 heavy (non-hydrogen) atoms. The Hall–Kier alpha value is -4.00. The minimum atomic E-state index is -0.783. The summed E-state index contributed by atoms with van der Waals surface area (Å²) >= 11 is 0. The summed E-state index contributed by atoms with van der Waals surface area (Å²) in [6.45, 7) is 0.532. The molecule has 0 aliphatic carbocycles. The zero-order chi connectivity index (χ0) is 22.2. The van der Waals surface area contributed by atoms with Crippen LogP contribution < -0.4 is 10.6 Å². The summed E-state index contributed by atoms with van der Waals surface area (Å²) in [5.41, 5.74) is 2.79. The second kappa shape index (κ2) is 10.3. The number of ether oxygens (including phenoxy) is 1. The number of aromatic amines is 1. The van der Waals surface area contributed by atoms with Gasteiger partial charge in [0.15, 0.2) is 0 Å². The standard InChI is InChI=1S/C25H25N3O4/c29-24(26-13-12-20-9-6-14-31-20)23(15-19-16-27-22-11-5-4-10-21(19)22)28-25(30)32-17-18-7-2-1-3-8-18/h1-11,14,16,23,27H,12-13,15,17H2,(H,26,29)(H,28,30)/t23-/m0/s1. The van der Waals surface area contributed by atoms with Crippen LogP contribution in [0.3, 0.4) is 0 Å². The molecule has 164 valence electrons. The number of hydrogen-bond donors (Lipinski definition) is 3. The van der Waals surface area contributed by atoms with Crippen molar-refractivity contribution in [2.24, 2.45) is 0 Å². The van der Waals surface area contributed by atoms with Crippen molar-refractivity contribution in [2.45, 2.75) is 25.5 Å². The fourth-order valence-electron chi connectivity index (χ4n) is 3.52. The number of H-pyrrole nitrogens is 1. The van der Waals surface area contributed by atoms with Crippen LogP contribution in [0.4, 0.5) is 4.79 Å². The summed E-state index contributed by atoms with van der Waals surface area (Å²) in [6.07, 6.45) is 3.72. The first-order valence-corrected chi connectivity index (χ1v) is 10.5. The average Bonchev–Trinajstić information content (AvgIpc) is 3.48. The second-order valence-electron chi connectivity index (χ2n) is 7.44. The van der Waals surface area contributed by atoms with E-state index in [9.17, 15) is 9.59 Å². The van der Waals surface area contributed by atoms with Gasteiger partial charge in [-0.3, -0.25) is 4.79 Å². The minimum absolute atomic E-state index is 0.132. The van der Waals surface area contributed by atoms with E-state index in [1.165, 1.54) is 0 Å². The average molecular weight is 431 g/mol.